The predicted octanol–water partition coefficient (Wildman–Crippen LogP) is 3.81. The number of furan rings is 1. The van der Waals surface area contributed by atoms with E-state index in [2.05, 4.69) is 36.1 Å². The Balaban J connectivity index is 1.46. The quantitative estimate of drug-likeness (QED) is 0.428. The molecule has 0 radical (unpaired) electrons. The fourth-order valence-electron chi connectivity index (χ4n) is 3.16. The maximum atomic E-state index is 12.5. The van der Waals surface area contributed by atoms with Crippen molar-refractivity contribution in [3.8, 4) is 0 Å². The Hall–Kier alpha value is -3.43. The molecule has 3 N–H and O–H groups in total. The molecule has 2 aromatic carbocycles. The highest BCUT2D eigenvalue weighted by Gasteiger charge is 2.17. The number of rotatable bonds is 9. The minimum absolute atomic E-state index is 0.00573. The Labute approximate surface area is 199 Å². The molecule has 1 heterocycles. The zero-order valence-corrected chi connectivity index (χ0v) is 20.2. The minimum Gasteiger partial charge on any atom is -0.459 e. The van der Waals surface area contributed by atoms with Crippen LogP contribution in [0.25, 0.3) is 0 Å². The Bertz CT molecular complexity index is 1230. The summed E-state index contributed by atoms with van der Waals surface area (Å²) in [5.74, 6) is -0.464. The SMILES string of the molecule is CC(C)(C)c1ccc(S(=O)(=O)NCCC(=O)NCc2cccc(NC(=O)c3ccco3)c2)cc1. The Morgan fingerprint density at radius 3 is 2.35 bits per heavy atom. The van der Waals surface area contributed by atoms with Crippen molar-refractivity contribution in [3.05, 3.63) is 83.8 Å². The summed E-state index contributed by atoms with van der Waals surface area (Å²) < 4.78 is 32.5. The summed E-state index contributed by atoms with van der Waals surface area (Å²) in [6.07, 6.45) is 1.41. The van der Waals surface area contributed by atoms with Crippen LogP contribution in [0.4, 0.5) is 5.69 Å². The summed E-state index contributed by atoms with van der Waals surface area (Å²) in [4.78, 5) is 24.4. The number of benzene rings is 2. The molecule has 0 saturated carbocycles. The zero-order chi connectivity index (χ0) is 24.8. The van der Waals surface area contributed by atoms with Crippen molar-refractivity contribution in [2.75, 3.05) is 11.9 Å². The highest BCUT2D eigenvalue weighted by molar-refractivity contribution is 7.89. The average Bonchev–Trinajstić information content (AvgIpc) is 3.33. The molecule has 9 heteroatoms. The van der Waals surface area contributed by atoms with Gasteiger partial charge in [-0.25, -0.2) is 13.1 Å². The molecule has 180 valence electrons. The number of amides is 2. The van der Waals surface area contributed by atoms with Crippen molar-refractivity contribution >= 4 is 27.5 Å². The number of anilines is 1. The summed E-state index contributed by atoms with van der Waals surface area (Å²) in [7, 11) is -3.70. The normalized spacial score (nSPS) is 11.7. The molecule has 3 rings (SSSR count). The standard InChI is InChI=1S/C25H29N3O5S/c1-25(2,3)19-9-11-21(12-10-19)34(31,32)27-14-13-23(29)26-17-18-6-4-7-20(16-18)28-24(30)22-8-5-15-33-22/h4-12,15-16,27H,13-14,17H2,1-3H3,(H,26,29)(H,28,30). The third-order valence-corrected chi connectivity index (χ3v) is 6.57. The molecule has 0 aliphatic carbocycles. The molecule has 3 aromatic rings. The van der Waals surface area contributed by atoms with E-state index < -0.39 is 10.0 Å². The highest BCUT2D eigenvalue weighted by atomic mass is 32.2. The van der Waals surface area contributed by atoms with Crippen LogP contribution in [0.2, 0.25) is 0 Å². The Morgan fingerprint density at radius 1 is 0.971 bits per heavy atom. The van der Waals surface area contributed by atoms with Crippen molar-refractivity contribution in [2.45, 2.75) is 44.0 Å². The van der Waals surface area contributed by atoms with Crippen LogP contribution in [0.15, 0.2) is 76.2 Å². The van der Waals surface area contributed by atoms with E-state index in [0.29, 0.717) is 5.69 Å². The van der Waals surface area contributed by atoms with Gasteiger partial charge in [-0.3, -0.25) is 9.59 Å². The summed E-state index contributed by atoms with van der Waals surface area (Å²) in [6.45, 7) is 6.39. The molecule has 8 nitrogen and oxygen atoms in total. The molecule has 0 unspecified atom stereocenters. The molecule has 0 spiro atoms. The van der Waals surface area contributed by atoms with Gasteiger partial charge in [-0.15, -0.1) is 0 Å². The molecule has 0 aliphatic heterocycles. The molecule has 1 aromatic heterocycles. The molecule has 0 aliphatic rings. The van der Waals surface area contributed by atoms with E-state index in [1.54, 1.807) is 54.6 Å². The van der Waals surface area contributed by atoms with E-state index in [0.717, 1.165) is 11.1 Å². The van der Waals surface area contributed by atoms with Crippen LogP contribution in [-0.2, 0) is 26.8 Å². The third kappa shape index (κ3) is 7.03. The highest BCUT2D eigenvalue weighted by Crippen LogP contribution is 2.23. The van der Waals surface area contributed by atoms with E-state index >= 15 is 0 Å². The Kier molecular flexibility index (Phi) is 7.90. The second-order valence-electron chi connectivity index (χ2n) is 8.83. The van der Waals surface area contributed by atoms with Crippen molar-refractivity contribution in [3.63, 3.8) is 0 Å². The number of carbonyl (C=O) groups is 2. The van der Waals surface area contributed by atoms with Crippen LogP contribution in [0.5, 0.6) is 0 Å². The van der Waals surface area contributed by atoms with Crippen LogP contribution in [0, 0.1) is 0 Å². The van der Waals surface area contributed by atoms with Gasteiger partial charge in [-0.2, -0.15) is 0 Å². The number of hydrogen-bond acceptors (Lipinski definition) is 5. The number of hydrogen-bond donors (Lipinski definition) is 3. The van der Waals surface area contributed by atoms with Crippen LogP contribution < -0.4 is 15.4 Å². The van der Waals surface area contributed by atoms with Gasteiger partial charge >= 0.3 is 0 Å². The lowest BCUT2D eigenvalue weighted by atomic mass is 9.87. The monoisotopic (exact) mass is 483 g/mol. The molecule has 0 fully saturated rings. The fraction of sp³-hybridized carbons (Fsp3) is 0.280. The van der Waals surface area contributed by atoms with E-state index in [1.165, 1.54) is 6.26 Å². The molecule has 34 heavy (non-hydrogen) atoms. The van der Waals surface area contributed by atoms with Crippen LogP contribution in [-0.4, -0.2) is 26.8 Å². The topological polar surface area (TPSA) is 118 Å². The molecule has 0 atom stereocenters. The van der Waals surface area contributed by atoms with Crippen molar-refractivity contribution < 1.29 is 22.4 Å². The van der Waals surface area contributed by atoms with E-state index in [9.17, 15) is 18.0 Å². The van der Waals surface area contributed by atoms with E-state index in [-0.39, 0.29) is 47.4 Å². The van der Waals surface area contributed by atoms with Gasteiger partial charge in [-0.05, 0) is 52.9 Å². The summed E-state index contributed by atoms with van der Waals surface area (Å²) in [6, 6.07) is 17.0. The van der Waals surface area contributed by atoms with Gasteiger partial charge in [0.2, 0.25) is 15.9 Å². The van der Waals surface area contributed by atoms with Gasteiger partial charge in [0.15, 0.2) is 5.76 Å². The largest absolute Gasteiger partial charge is 0.459 e. The second kappa shape index (κ2) is 10.7. The summed E-state index contributed by atoms with van der Waals surface area (Å²) in [5, 5.41) is 5.48. The molecule has 0 bridgehead atoms. The van der Waals surface area contributed by atoms with Crippen LogP contribution >= 0.6 is 0 Å². The lowest BCUT2D eigenvalue weighted by molar-refractivity contribution is -0.121. The average molecular weight is 484 g/mol. The lowest BCUT2D eigenvalue weighted by Crippen LogP contribution is -2.30. The maximum absolute atomic E-state index is 12.5. The fourth-order valence-corrected chi connectivity index (χ4v) is 4.20. The smallest absolute Gasteiger partial charge is 0.291 e. The van der Waals surface area contributed by atoms with Gasteiger partial charge < -0.3 is 15.1 Å². The van der Waals surface area contributed by atoms with Crippen LogP contribution in [0.1, 0.15) is 48.9 Å². The van der Waals surface area contributed by atoms with Crippen LogP contribution in [0.3, 0.4) is 0 Å². The Morgan fingerprint density at radius 2 is 1.71 bits per heavy atom. The predicted molar refractivity (Wildman–Crippen MR) is 130 cm³/mol. The van der Waals surface area contributed by atoms with Crippen molar-refractivity contribution in [1.29, 1.82) is 0 Å². The maximum Gasteiger partial charge on any atom is 0.291 e. The van der Waals surface area contributed by atoms with Gasteiger partial charge in [0.05, 0.1) is 11.2 Å². The van der Waals surface area contributed by atoms with E-state index in [4.69, 9.17) is 4.42 Å². The molecular weight excluding hydrogens is 454 g/mol. The van der Waals surface area contributed by atoms with Gasteiger partial charge in [-0.1, -0.05) is 45.0 Å². The van der Waals surface area contributed by atoms with E-state index in [1.807, 2.05) is 6.07 Å². The number of sulfonamides is 1. The summed E-state index contributed by atoms with van der Waals surface area (Å²) >= 11 is 0. The lowest BCUT2D eigenvalue weighted by Gasteiger charge is -2.19. The first kappa shape index (κ1) is 25.2. The van der Waals surface area contributed by atoms with Gasteiger partial charge in [0.25, 0.3) is 5.91 Å². The summed E-state index contributed by atoms with van der Waals surface area (Å²) in [5.41, 5.74) is 2.32. The number of carbonyl (C=O) groups excluding carboxylic acids is 2. The molecule has 2 amide bonds. The van der Waals surface area contributed by atoms with Crippen molar-refractivity contribution in [2.24, 2.45) is 0 Å². The van der Waals surface area contributed by atoms with Gasteiger partial charge in [0, 0.05) is 25.2 Å². The molecule has 0 saturated heterocycles. The molecular formula is C25H29N3O5S. The first-order chi connectivity index (χ1) is 16.0. The number of nitrogens with one attached hydrogen (secondary N) is 3. The van der Waals surface area contributed by atoms with Crippen molar-refractivity contribution in [1.82, 2.24) is 10.0 Å². The first-order valence-electron chi connectivity index (χ1n) is 10.9. The minimum atomic E-state index is -3.70. The second-order valence-corrected chi connectivity index (χ2v) is 10.6. The first-order valence-corrected chi connectivity index (χ1v) is 12.3. The zero-order valence-electron chi connectivity index (χ0n) is 19.4. The van der Waals surface area contributed by atoms with Gasteiger partial charge in [0.1, 0.15) is 0 Å². The third-order valence-electron chi connectivity index (χ3n) is 5.09.